The fourth-order valence-electron chi connectivity index (χ4n) is 4.66. The average molecular weight is 368 g/mol. The van der Waals surface area contributed by atoms with Crippen LogP contribution >= 0.6 is 0 Å². The molecule has 0 spiro atoms. The van der Waals surface area contributed by atoms with Gasteiger partial charge in [0.05, 0.1) is 16.7 Å². The van der Waals surface area contributed by atoms with Gasteiger partial charge in [0.2, 0.25) is 0 Å². The number of aromatic amines is 1. The van der Waals surface area contributed by atoms with Crippen LogP contribution in [0.2, 0.25) is 0 Å². The highest BCUT2D eigenvalue weighted by molar-refractivity contribution is 5.92. The quantitative estimate of drug-likeness (QED) is 0.727. The van der Waals surface area contributed by atoms with Crippen molar-refractivity contribution in [1.29, 1.82) is 0 Å². The standard InChI is InChI=1S/C21H25FN4O/c1-12-7-18(15-5-6-23-20-19(15)17(22)9-25-20)24-8-16(12)21(27)13(2)10-26(4)11-14(21)3/h5-9,13-14,27H,10-11H2,1-4H3,(H,23,25)/t13-,14+,21?. The van der Waals surface area contributed by atoms with Crippen molar-refractivity contribution in [1.82, 2.24) is 19.9 Å². The van der Waals surface area contributed by atoms with E-state index in [2.05, 4.69) is 40.7 Å². The SMILES string of the molecule is Cc1cc(-c2ccnc3[nH]cc(F)c23)ncc1C1(O)[C@H](C)CN(C)C[C@@H]1C. The highest BCUT2D eigenvalue weighted by Gasteiger charge is 2.45. The van der Waals surface area contributed by atoms with Gasteiger partial charge in [0.25, 0.3) is 0 Å². The fraction of sp³-hybridized carbons (Fsp3) is 0.429. The molecule has 0 saturated carbocycles. The fourth-order valence-corrected chi connectivity index (χ4v) is 4.66. The van der Waals surface area contributed by atoms with Crippen molar-refractivity contribution in [3.8, 4) is 11.3 Å². The summed E-state index contributed by atoms with van der Waals surface area (Å²) in [4.78, 5) is 13.9. The smallest absolute Gasteiger partial charge is 0.150 e. The molecule has 4 rings (SSSR count). The molecule has 3 aromatic heterocycles. The molecule has 0 radical (unpaired) electrons. The van der Waals surface area contributed by atoms with Crippen molar-refractivity contribution in [3.05, 3.63) is 47.7 Å². The monoisotopic (exact) mass is 368 g/mol. The molecule has 1 fully saturated rings. The third-order valence-electron chi connectivity index (χ3n) is 6.02. The Bertz CT molecular complexity index is 987. The topological polar surface area (TPSA) is 65.0 Å². The number of halogens is 1. The summed E-state index contributed by atoms with van der Waals surface area (Å²) >= 11 is 0. The Balaban J connectivity index is 1.80. The first-order valence-corrected chi connectivity index (χ1v) is 9.32. The molecule has 6 heteroatoms. The molecule has 1 unspecified atom stereocenters. The number of hydrogen-bond donors (Lipinski definition) is 2. The Labute approximate surface area is 158 Å². The molecule has 0 aromatic carbocycles. The lowest BCUT2D eigenvalue weighted by Crippen LogP contribution is -2.53. The minimum Gasteiger partial charge on any atom is -0.384 e. The summed E-state index contributed by atoms with van der Waals surface area (Å²) in [6.45, 7) is 7.83. The normalized spacial score (nSPS) is 26.6. The number of H-pyrrole nitrogens is 1. The molecule has 142 valence electrons. The Morgan fingerprint density at radius 1 is 1.26 bits per heavy atom. The van der Waals surface area contributed by atoms with Gasteiger partial charge in [-0.05, 0) is 31.7 Å². The predicted octanol–water partition coefficient (Wildman–Crippen LogP) is 3.48. The summed E-state index contributed by atoms with van der Waals surface area (Å²) in [5.74, 6) is -0.160. The van der Waals surface area contributed by atoms with Gasteiger partial charge in [-0.15, -0.1) is 0 Å². The van der Waals surface area contributed by atoms with Gasteiger partial charge in [0.15, 0.2) is 5.82 Å². The van der Waals surface area contributed by atoms with Crippen LogP contribution < -0.4 is 0 Å². The first-order valence-electron chi connectivity index (χ1n) is 9.32. The first-order chi connectivity index (χ1) is 12.8. The zero-order valence-corrected chi connectivity index (χ0v) is 16.1. The minimum atomic E-state index is -0.922. The molecule has 1 aliphatic rings. The molecule has 3 aromatic rings. The van der Waals surface area contributed by atoms with Crippen LogP contribution in [0.5, 0.6) is 0 Å². The van der Waals surface area contributed by atoms with E-state index < -0.39 is 5.60 Å². The lowest BCUT2D eigenvalue weighted by molar-refractivity contribution is -0.108. The molecular formula is C21H25FN4O. The van der Waals surface area contributed by atoms with Gasteiger partial charge in [-0.25, -0.2) is 9.37 Å². The Hall–Kier alpha value is -2.31. The summed E-state index contributed by atoms with van der Waals surface area (Å²) in [5.41, 5.74) is 2.79. The van der Waals surface area contributed by atoms with E-state index in [4.69, 9.17) is 0 Å². The molecule has 0 amide bonds. The number of hydrogen-bond acceptors (Lipinski definition) is 4. The molecule has 4 heterocycles. The predicted molar refractivity (Wildman–Crippen MR) is 104 cm³/mol. The maximum atomic E-state index is 14.2. The van der Waals surface area contributed by atoms with Crippen LogP contribution in [0.15, 0.2) is 30.7 Å². The minimum absolute atomic E-state index is 0.0901. The summed E-state index contributed by atoms with van der Waals surface area (Å²) in [7, 11) is 2.08. The van der Waals surface area contributed by atoms with Crippen molar-refractivity contribution in [2.45, 2.75) is 26.4 Å². The van der Waals surface area contributed by atoms with Gasteiger partial charge < -0.3 is 15.0 Å². The number of rotatable bonds is 2. The van der Waals surface area contributed by atoms with Gasteiger partial charge in [-0.2, -0.15) is 0 Å². The average Bonchev–Trinajstić information content (AvgIpc) is 3.01. The Kier molecular flexibility index (Phi) is 4.28. The third kappa shape index (κ3) is 2.75. The first kappa shape index (κ1) is 18.1. The molecule has 27 heavy (non-hydrogen) atoms. The van der Waals surface area contributed by atoms with Gasteiger partial charge in [0, 0.05) is 54.6 Å². The molecule has 1 saturated heterocycles. The number of fused-ring (bicyclic) bond motifs is 1. The second-order valence-corrected chi connectivity index (χ2v) is 7.95. The van der Waals surface area contributed by atoms with Crippen LogP contribution in [-0.4, -0.2) is 45.1 Å². The zero-order chi connectivity index (χ0) is 19.3. The number of aryl methyl sites for hydroxylation is 1. The molecule has 3 atom stereocenters. The Morgan fingerprint density at radius 2 is 1.96 bits per heavy atom. The number of nitrogens with one attached hydrogen (secondary N) is 1. The van der Waals surface area contributed by atoms with Crippen LogP contribution in [0.3, 0.4) is 0 Å². The maximum Gasteiger partial charge on any atom is 0.150 e. The van der Waals surface area contributed by atoms with E-state index in [-0.39, 0.29) is 17.7 Å². The van der Waals surface area contributed by atoms with Crippen molar-refractivity contribution < 1.29 is 9.50 Å². The van der Waals surface area contributed by atoms with E-state index in [1.807, 2.05) is 13.0 Å². The highest BCUT2D eigenvalue weighted by Crippen LogP contribution is 2.42. The van der Waals surface area contributed by atoms with E-state index >= 15 is 0 Å². The zero-order valence-electron chi connectivity index (χ0n) is 16.1. The third-order valence-corrected chi connectivity index (χ3v) is 6.02. The van der Waals surface area contributed by atoms with E-state index in [1.165, 1.54) is 6.20 Å². The number of aliphatic hydroxyl groups is 1. The van der Waals surface area contributed by atoms with Gasteiger partial charge >= 0.3 is 0 Å². The second kappa shape index (κ2) is 6.39. The van der Waals surface area contributed by atoms with Crippen molar-refractivity contribution in [2.24, 2.45) is 11.8 Å². The summed E-state index contributed by atoms with van der Waals surface area (Å²) < 4.78 is 14.2. The van der Waals surface area contributed by atoms with Crippen molar-refractivity contribution in [3.63, 3.8) is 0 Å². The molecule has 1 aliphatic heterocycles. The van der Waals surface area contributed by atoms with Gasteiger partial charge in [-0.3, -0.25) is 4.98 Å². The molecular weight excluding hydrogens is 343 g/mol. The van der Waals surface area contributed by atoms with E-state index in [0.717, 1.165) is 24.2 Å². The van der Waals surface area contributed by atoms with E-state index in [0.29, 0.717) is 22.3 Å². The summed E-state index contributed by atoms with van der Waals surface area (Å²) in [6.07, 6.45) is 4.72. The van der Waals surface area contributed by atoms with Gasteiger partial charge in [-0.1, -0.05) is 13.8 Å². The number of nitrogens with zero attached hydrogens (tertiary/aromatic N) is 3. The van der Waals surface area contributed by atoms with Gasteiger partial charge in [0.1, 0.15) is 5.65 Å². The number of likely N-dealkylation sites (tertiary alicyclic amines) is 1. The Morgan fingerprint density at radius 3 is 2.63 bits per heavy atom. The number of aromatic nitrogens is 3. The van der Waals surface area contributed by atoms with E-state index in [1.54, 1.807) is 18.5 Å². The highest BCUT2D eigenvalue weighted by atomic mass is 19.1. The largest absolute Gasteiger partial charge is 0.384 e. The molecule has 2 N–H and O–H groups in total. The number of pyridine rings is 2. The summed E-state index contributed by atoms with van der Waals surface area (Å²) in [5, 5.41) is 12.0. The van der Waals surface area contributed by atoms with Crippen molar-refractivity contribution >= 4 is 11.0 Å². The van der Waals surface area contributed by atoms with Crippen molar-refractivity contribution in [2.75, 3.05) is 20.1 Å². The van der Waals surface area contributed by atoms with Crippen LogP contribution in [0.25, 0.3) is 22.3 Å². The second-order valence-electron chi connectivity index (χ2n) is 7.95. The lowest BCUT2D eigenvalue weighted by atomic mass is 9.70. The van der Waals surface area contributed by atoms with Crippen LogP contribution in [0.4, 0.5) is 4.39 Å². The number of piperidine rings is 1. The molecule has 0 bridgehead atoms. The molecule has 0 aliphatic carbocycles. The lowest BCUT2D eigenvalue weighted by Gasteiger charge is -2.47. The van der Waals surface area contributed by atoms with Crippen LogP contribution in [-0.2, 0) is 5.60 Å². The van der Waals surface area contributed by atoms with Crippen LogP contribution in [0.1, 0.15) is 25.0 Å². The van der Waals surface area contributed by atoms with Crippen LogP contribution in [0, 0.1) is 24.6 Å². The maximum absolute atomic E-state index is 14.2. The molecule has 5 nitrogen and oxygen atoms in total. The summed E-state index contributed by atoms with van der Waals surface area (Å²) in [6, 6.07) is 3.71. The van der Waals surface area contributed by atoms with E-state index in [9.17, 15) is 9.50 Å².